The molecule has 1 unspecified atom stereocenters. The second-order valence-corrected chi connectivity index (χ2v) is 8.19. The Morgan fingerprint density at radius 1 is 1.03 bits per heavy atom. The number of fused-ring (bicyclic) bond motifs is 1. The van der Waals surface area contributed by atoms with Crippen molar-refractivity contribution in [3.05, 3.63) is 82.3 Å². The van der Waals surface area contributed by atoms with Crippen LogP contribution in [-0.4, -0.2) is 11.1 Å². The van der Waals surface area contributed by atoms with Crippen LogP contribution in [0.3, 0.4) is 0 Å². The predicted molar refractivity (Wildman–Crippen MR) is 121 cm³/mol. The molecule has 1 heterocycles. The Balaban J connectivity index is 1.48. The monoisotopic (exact) mass is 458 g/mol. The zero-order chi connectivity index (χ0) is 21.1. The zero-order valence-corrected chi connectivity index (χ0v) is 18.1. The van der Waals surface area contributed by atoms with Crippen LogP contribution in [0.25, 0.3) is 10.2 Å². The van der Waals surface area contributed by atoms with Crippen molar-refractivity contribution >= 4 is 56.5 Å². The fourth-order valence-electron chi connectivity index (χ4n) is 2.91. The minimum Gasteiger partial charge on any atom is -0.486 e. The molecular formula is C22H16Cl2N2O3S. The van der Waals surface area contributed by atoms with E-state index in [9.17, 15) is 4.79 Å². The first kappa shape index (κ1) is 20.5. The summed E-state index contributed by atoms with van der Waals surface area (Å²) in [5.74, 6) is 0.634. The molecule has 0 radical (unpaired) electrons. The van der Waals surface area contributed by atoms with Gasteiger partial charge in [-0.05, 0) is 49.4 Å². The molecule has 1 aromatic heterocycles. The topological polar surface area (TPSA) is 60.5 Å². The highest BCUT2D eigenvalue weighted by molar-refractivity contribution is 7.20. The van der Waals surface area contributed by atoms with Gasteiger partial charge in [0.05, 0.1) is 10.2 Å². The largest absolute Gasteiger partial charge is 0.486 e. The predicted octanol–water partition coefficient (Wildman–Crippen LogP) is 7.35. The van der Waals surface area contributed by atoms with E-state index >= 15 is 0 Å². The molecule has 3 aromatic carbocycles. The number of nitrogens with zero attached hydrogens (tertiary/aromatic N) is 1. The molecule has 0 aliphatic heterocycles. The molecule has 4 aromatic rings. The van der Waals surface area contributed by atoms with Crippen LogP contribution in [-0.2, 0) is 0 Å². The van der Waals surface area contributed by atoms with E-state index in [1.54, 1.807) is 36.4 Å². The van der Waals surface area contributed by atoms with Gasteiger partial charge in [0.25, 0.3) is 5.19 Å². The highest BCUT2D eigenvalue weighted by Gasteiger charge is 2.16. The number of carbonyl (C=O) groups is 1. The van der Waals surface area contributed by atoms with Gasteiger partial charge < -0.3 is 9.47 Å². The third-order valence-electron chi connectivity index (χ3n) is 4.26. The molecule has 0 aliphatic rings. The number of benzene rings is 3. The van der Waals surface area contributed by atoms with E-state index in [1.807, 2.05) is 37.3 Å². The van der Waals surface area contributed by atoms with Crippen LogP contribution in [0.2, 0.25) is 10.0 Å². The van der Waals surface area contributed by atoms with E-state index in [4.69, 9.17) is 32.7 Å². The van der Waals surface area contributed by atoms with E-state index in [-0.39, 0.29) is 11.3 Å². The lowest BCUT2D eigenvalue weighted by Gasteiger charge is -2.17. The number of ether oxygens (including phenoxy) is 2. The van der Waals surface area contributed by atoms with Gasteiger partial charge in [-0.3, -0.25) is 5.32 Å². The lowest BCUT2D eigenvalue weighted by Crippen LogP contribution is -2.16. The smallest absolute Gasteiger partial charge is 0.419 e. The first-order valence-electron chi connectivity index (χ1n) is 9.04. The van der Waals surface area contributed by atoms with Crippen molar-refractivity contribution in [3.63, 3.8) is 0 Å². The van der Waals surface area contributed by atoms with Gasteiger partial charge in [-0.1, -0.05) is 58.8 Å². The molecule has 8 heteroatoms. The maximum absolute atomic E-state index is 12.1. The van der Waals surface area contributed by atoms with E-state index < -0.39 is 6.09 Å². The van der Waals surface area contributed by atoms with Crippen molar-refractivity contribution in [3.8, 4) is 10.9 Å². The lowest BCUT2D eigenvalue weighted by molar-refractivity contribution is 0.215. The minimum atomic E-state index is -0.598. The number of thiazole rings is 1. The molecule has 1 atom stereocenters. The summed E-state index contributed by atoms with van der Waals surface area (Å²) < 4.78 is 12.2. The summed E-state index contributed by atoms with van der Waals surface area (Å²) in [5.41, 5.74) is 2.08. The molecule has 0 spiro atoms. The molecule has 1 N–H and O–H groups in total. The first-order valence-corrected chi connectivity index (χ1v) is 10.6. The molecule has 0 aliphatic carbocycles. The molecule has 30 heavy (non-hydrogen) atoms. The minimum absolute atomic E-state index is 0.248. The van der Waals surface area contributed by atoms with E-state index in [0.717, 1.165) is 10.3 Å². The number of carbonyl (C=O) groups excluding carboxylic acids is 1. The Kier molecular flexibility index (Phi) is 6.08. The Morgan fingerprint density at radius 3 is 2.50 bits per heavy atom. The maximum Gasteiger partial charge on any atom is 0.419 e. The average Bonchev–Trinajstić information content (AvgIpc) is 3.09. The van der Waals surface area contributed by atoms with Gasteiger partial charge in [0.2, 0.25) is 0 Å². The Hall–Kier alpha value is -2.80. The molecular weight excluding hydrogens is 443 g/mol. The summed E-state index contributed by atoms with van der Waals surface area (Å²) >= 11 is 13.8. The van der Waals surface area contributed by atoms with Crippen LogP contribution in [0, 0.1) is 0 Å². The van der Waals surface area contributed by atoms with Gasteiger partial charge in [-0.15, -0.1) is 0 Å². The standard InChI is InChI=1S/C22H16Cl2N2O3S/c1-13(20-16(23)8-5-9-17(20)24)28-15-10-11-18-19(12-15)30-22(26-18)29-21(27)25-14-6-3-2-4-7-14/h2-13H,1H3,(H,25,27). The van der Waals surface area contributed by atoms with Crippen molar-refractivity contribution in [2.24, 2.45) is 0 Å². The Morgan fingerprint density at radius 2 is 1.77 bits per heavy atom. The van der Waals surface area contributed by atoms with E-state index in [1.165, 1.54) is 11.3 Å². The number of nitrogens with one attached hydrogen (secondary N) is 1. The summed E-state index contributed by atoms with van der Waals surface area (Å²) in [6.45, 7) is 1.88. The summed E-state index contributed by atoms with van der Waals surface area (Å²) in [6, 6.07) is 19.9. The van der Waals surface area contributed by atoms with Crippen LogP contribution >= 0.6 is 34.5 Å². The number of hydrogen-bond acceptors (Lipinski definition) is 5. The van der Waals surface area contributed by atoms with Crippen molar-refractivity contribution in [2.45, 2.75) is 13.0 Å². The van der Waals surface area contributed by atoms with Crippen LogP contribution in [0.1, 0.15) is 18.6 Å². The summed E-state index contributed by atoms with van der Waals surface area (Å²) in [5, 5.41) is 4.00. The third-order valence-corrected chi connectivity index (χ3v) is 5.81. The van der Waals surface area contributed by atoms with Crippen molar-refractivity contribution in [1.29, 1.82) is 0 Å². The second-order valence-electron chi connectivity index (χ2n) is 6.39. The van der Waals surface area contributed by atoms with Crippen LogP contribution in [0.5, 0.6) is 10.9 Å². The normalized spacial score (nSPS) is 11.8. The van der Waals surface area contributed by atoms with Gasteiger partial charge >= 0.3 is 6.09 Å². The number of halogens is 2. The molecule has 1 amide bonds. The molecule has 0 saturated carbocycles. The second kappa shape index (κ2) is 8.92. The van der Waals surface area contributed by atoms with Gasteiger partial charge in [0.1, 0.15) is 11.9 Å². The fraction of sp³-hybridized carbons (Fsp3) is 0.0909. The van der Waals surface area contributed by atoms with Crippen LogP contribution in [0.4, 0.5) is 10.5 Å². The number of anilines is 1. The highest BCUT2D eigenvalue weighted by Crippen LogP contribution is 2.35. The summed E-state index contributed by atoms with van der Waals surface area (Å²) in [4.78, 5) is 16.4. The van der Waals surface area contributed by atoms with Crippen molar-refractivity contribution < 1.29 is 14.3 Å². The molecule has 5 nitrogen and oxygen atoms in total. The van der Waals surface area contributed by atoms with E-state index in [0.29, 0.717) is 27.0 Å². The van der Waals surface area contributed by atoms with Gasteiger partial charge in [-0.2, -0.15) is 0 Å². The lowest BCUT2D eigenvalue weighted by atomic mass is 10.1. The van der Waals surface area contributed by atoms with Crippen molar-refractivity contribution in [2.75, 3.05) is 5.32 Å². The first-order chi connectivity index (χ1) is 14.5. The van der Waals surface area contributed by atoms with E-state index in [2.05, 4.69) is 10.3 Å². The third kappa shape index (κ3) is 4.67. The maximum atomic E-state index is 12.1. The quantitative estimate of drug-likeness (QED) is 0.339. The Labute approximate surface area is 187 Å². The SMILES string of the molecule is CC(Oc1ccc2nc(OC(=O)Nc3ccccc3)sc2c1)c1c(Cl)cccc1Cl. The highest BCUT2D eigenvalue weighted by atomic mass is 35.5. The molecule has 0 saturated heterocycles. The molecule has 4 rings (SSSR count). The fourth-order valence-corrected chi connectivity index (χ4v) is 4.45. The zero-order valence-electron chi connectivity index (χ0n) is 15.8. The van der Waals surface area contributed by atoms with Crippen molar-refractivity contribution in [1.82, 2.24) is 4.98 Å². The van der Waals surface area contributed by atoms with Gasteiger partial charge in [-0.25, -0.2) is 9.78 Å². The van der Waals surface area contributed by atoms with Gasteiger partial charge in [0, 0.05) is 21.3 Å². The number of aromatic nitrogens is 1. The Bertz CT molecular complexity index is 1180. The summed E-state index contributed by atoms with van der Waals surface area (Å²) in [7, 11) is 0. The molecule has 0 fully saturated rings. The molecule has 152 valence electrons. The van der Waals surface area contributed by atoms with Crippen LogP contribution < -0.4 is 14.8 Å². The number of amides is 1. The average molecular weight is 459 g/mol. The number of rotatable bonds is 5. The molecule has 0 bridgehead atoms. The number of hydrogen-bond donors (Lipinski definition) is 1. The van der Waals surface area contributed by atoms with Crippen LogP contribution in [0.15, 0.2) is 66.7 Å². The number of para-hydroxylation sites is 1. The summed E-state index contributed by atoms with van der Waals surface area (Å²) in [6.07, 6.45) is -0.942. The van der Waals surface area contributed by atoms with Gasteiger partial charge in [0.15, 0.2) is 0 Å².